The van der Waals surface area contributed by atoms with Crippen molar-refractivity contribution in [3.8, 4) is 0 Å². The molecule has 0 saturated heterocycles. The van der Waals surface area contributed by atoms with Gasteiger partial charge in [0.25, 0.3) is 0 Å². The van der Waals surface area contributed by atoms with E-state index in [1.165, 1.54) is 0 Å². The first-order valence-corrected chi connectivity index (χ1v) is 4.99. The van der Waals surface area contributed by atoms with Gasteiger partial charge in [0.05, 0.1) is 6.61 Å². The summed E-state index contributed by atoms with van der Waals surface area (Å²) in [6, 6.07) is 9.00. The van der Waals surface area contributed by atoms with E-state index in [0.717, 1.165) is 5.56 Å². The quantitative estimate of drug-likeness (QED) is 0.689. The van der Waals surface area contributed by atoms with Crippen molar-refractivity contribution >= 4 is 6.16 Å². The average Bonchev–Trinajstić information content (AvgIpc) is 2.34. The summed E-state index contributed by atoms with van der Waals surface area (Å²) in [5.74, 6) is 0. The van der Waals surface area contributed by atoms with Crippen molar-refractivity contribution in [2.24, 2.45) is 0 Å². The molecule has 0 aliphatic heterocycles. The van der Waals surface area contributed by atoms with Gasteiger partial charge in [-0.15, -0.1) is 0 Å². The zero-order chi connectivity index (χ0) is 11.8. The molecule has 1 rings (SSSR count). The molecule has 0 spiro atoms. The SMILES string of the molecule is [NH3+]C(CO)COC(=O)OCc1ccccc1. The monoisotopic (exact) mass is 226 g/mol. The van der Waals surface area contributed by atoms with E-state index in [1.54, 1.807) is 0 Å². The number of hydrogen-bond donors (Lipinski definition) is 2. The molecule has 0 aliphatic rings. The molecule has 0 amide bonds. The third-order valence-corrected chi connectivity index (χ3v) is 1.89. The van der Waals surface area contributed by atoms with E-state index in [0.29, 0.717) is 0 Å². The van der Waals surface area contributed by atoms with Crippen molar-refractivity contribution in [2.75, 3.05) is 13.2 Å². The highest BCUT2D eigenvalue weighted by atomic mass is 16.7. The van der Waals surface area contributed by atoms with Crippen LogP contribution in [0.2, 0.25) is 0 Å². The minimum absolute atomic E-state index is 0.0596. The molecule has 16 heavy (non-hydrogen) atoms. The highest BCUT2D eigenvalue weighted by molar-refractivity contribution is 5.59. The van der Waals surface area contributed by atoms with Gasteiger partial charge in [-0.1, -0.05) is 30.3 Å². The molecule has 1 atom stereocenters. The second kappa shape index (κ2) is 6.81. The van der Waals surface area contributed by atoms with E-state index in [-0.39, 0.29) is 25.9 Å². The number of quaternary nitrogens is 1. The van der Waals surface area contributed by atoms with Crippen LogP contribution in [-0.2, 0) is 16.1 Å². The first-order valence-electron chi connectivity index (χ1n) is 4.99. The second-order valence-electron chi connectivity index (χ2n) is 3.38. The number of aliphatic hydroxyl groups is 1. The van der Waals surface area contributed by atoms with Crippen molar-refractivity contribution < 1.29 is 25.1 Å². The Morgan fingerprint density at radius 2 is 2.00 bits per heavy atom. The summed E-state index contributed by atoms with van der Waals surface area (Å²) in [6.07, 6.45) is -0.744. The summed E-state index contributed by atoms with van der Waals surface area (Å²) in [4.78, 5) is 11.1. The van der Waals surface area contributed by atoms with E-state index >= 15 is 0 Å². The molecule has 1 aromatic rings. The maximum Gasteiger partial charge on any atom is 0.508 e. The van der Waals surface area contributed by atoms with Crippen molar-refractivity contribution in [1.29, 1.82) is 0 Å². The predicted molar refractivity (Wildman–Crippen MR) is 56.3 cm³/mol. The Morgan fingerprint density at radius 1 is 1.31 bits per heavy atom. The largest absolute Gasteiger partial charge is 0.508 e. The lowest BCUT2D eigenvalue weighted by Crippen LogP contribution is -2.65. The van der Waals surface area contributed by atoms with Crippen molar-refractivity contribution in [3.05, 3.63) is 35.9 Å². The summed E-state index contributed by atoms with van der Waals surface area (Å²) < 4.78 is 9.59. The molecule has 0 radical (unpaired) electrons. The summed E-state index contributed by atoms with van der Waals surface area (Å²) in [5, 5.41) is 8.66. The van der Waals surface area contributed by atoms with Crippen LogP contribution in [0.25, 0.3) is 0 Å². The zero-order valence-corrected chi connectivity index (χ0v) is 8.96. The number of carbonyl (C=O) groups excluding carboxylic acids is 1. The van der Waals surface area contributed by atoms with E-state index < -0.39 is 6.16 Å². The third-order valence-electron chi connectivity index (χ3n) is 1.89. The highest BCUT2D eigenvalue weighted by Crippen LogP contribution is 2.01. The fourth-order valence-corrected chi connectivity index (χ4v) is 0.997. The van der Waals surface area contributed by atoms with Crippen LogP contribution in [0.3, 0.4) is 0 Å². The summed E-state index contributed by atoms with van der Waals surface area (Å²) in [6.45, 7) is 0.122. The number of benzene rings is 1. The Balaban J connectivity index is 2.20. The molecular formula is C11H16NO4+. The Hall–Kier alpha value is -1.59. The van der Waals surface area contributed by atoms with Crippen molar-refractivity contribution in [3.63, 3.8) is 0 Å². The highest BCUT2D eigenvalue weighted by Gasteiger charge is 2.09. The second-order valence-corrected chi connectivity index (χ2v) is 3.38. The lowest BCUT2D eigenvalue weighted by atomic mass is 10.2. The van der Waals surface area contributed by atoms with Gasteiger partial charge in [0.2, 0.25) is 0 Å². The first-order chi connectivity index (χ1) is 7.72. The van der Waals surface area contributed by atoms with Crippen LogP contribution >= 0.6 is 0 Å². The maximum atomic E-state index is 11.1. The predicted octanol–water partition coefficient (Wildman–Crippen LogP) is -0.0574. The fraction of sp³-hybridized carbons (Fsp3) is 0.364. The summed E-state index contributed by atoms with van der Waals surface area (Å²) in [7, 11) is 0. The zero-order valence-electron chi connectivity index (χ0n) is 8.96. The molecule has 5 nitrogen and oxygen atoms in total. The Morgan fingerprint density at radius 3 is 2.62 bits per heavy atom. The van der Waals surface area contributed by atoms with Gasteiger partial charge in [-0.2, -0.15) is 0 Å². The van der Waals surface area contributed by atoms with Gasteiger partial charge in [0, 0.05) is 0 Å². The maximum absolute atomic E-state index is 11.1. The molecular weight excluding hydrogens is 210 g/mol. The van der Waals surface area contributed by atoms with Crippen LogP contribution in [0.4, 0.5) is 4.79 Å². The van der Waals surface area contributed by atoms with E-state index in [2.05, 4.69) is 5.73 Å². The number of carbonyl (C=O) groups is 1. The molecule has 0 aromatic heterocycles. The molecule has 5 heteroatoms. The summed E-state index contributed by atoms with van der Waals surface area (Å²) in [5.41, 5.74) is 4.46. The fourth-order valence-electron chi connectivity index (χ4n) is 0.997. The van der Waals surface area contributed by atoms with Crippen LogP contribution in [0, 0.1) is 0 Å². The molecule has 0 bridgehead atoms. The normalized spacial score (nSPS) is 11.9. The minimum atomic E-state index is -0.744. The lowest BCUT2D eigenvalue weighted by Gasteiger charge is -2.07. The van der Waals surface area contributed by atoms with Crippen LogP contribution in [-0.4, -0.2) is 30.5 Å². The molecule has 4 N–H and O–H groups in total. The van der Waals surface area contributed by atoms with Gasteiger partial charge < -0.3 is 20.3 Å². The van der Waals surface area contributed by atoms with Crippen LogP contribution in [0.1, 0.15) is 5.56 Å². The van der Waals surface area contributed by atoms with E-state index in [9.17, 15) is 4.79 Å². The van der Waals surface area contributed by atoms with Gasteiger partial charge in [-0.25, -0.2) is 4.79 Å². The first kappa shape index (κ1) is 12.5. The lowest BCUT2D eigenvalue weighted by molar-refractivity contribution is -0.430. The van der Waals surface area contributed by atoms with Crippen LogP contribution < -0.4 is 5.73 Å². The molecule has 1 aromatic carbocycles. The Bertz CT molecular complexity index is 315. The Kier molecular flexibility index (Phi) is 5.31. The standard InChI is InChI=1S/C11H15NO4/c12-10(6-13)8-16-11(14)15-7-9-4-2-1-3-5-9/h1-5,10,13H,6-8,12H2/p+1. The summed E-state index contributed by atoms with van der Waals surface area (Å²) >= 11 is 0. The van der Waals surface area contributed by atoms with Crippen molar-refractivity contribution in [2.45, 2.75) is 12.6 Å². The smallest absolute Gasteiger partial charge is 0.429 e. The average molecular weight is 226 g/mol. The number of rotatable bonds is 5. The topological polar surface area (TPSA) is 83.4 Å². The molecule has 0 aliphatic carbocycles. The van der Waals surface area contributed by atoms with Gasteiger partial charge in [0.15, 0.2) is 0 Å². The van der Waals surface area contributed by atoms with Crippen LogP contribution in [0.15, 0.2) is 30.3 Å². The van der Waals surface area contributed by atoms with Crippen molar-refractivity contribution in [1.82, 2.24) is 0 Å². The minimum Gasteiger partial charge on any atom is -0.429 e. The molecule has 0 saturated carbocycles. The number of ether oxygens (including phenoxy) is 2. The third kappa shape index (κ3) is 4.77. The van der Waals surface area contributed by atoms with Crippen LogP contribution in [0.5, 0.6) is 0 Å². The number of aliphatic hydroxyl groups excluding tert-OH is 1. The Labute approximate surface area is 93.8 Å². The van der Waals surface area contributed by atoms with E-state index in [4.69, 9.17) is 14.6 Å². The molecule has 0 heterocycles. The van der Waals surface area contributed by atoms with E-state index in [1.807, 2.05) is 30.3 Å². The molecule has 1 unspecified atom stereocenters. The van der Waals surface area contributed by atoms with Gasteiger partial charge in [-0.3, -0.25) is 0 Å². The van der Waals surface area contributed by atoms with Gasteiger partial charge in [0.1, 0.15) is 19.3 Å². The number of hydrogen-bond acceptors (Lipinski definition) is 4. The van der Waals surface area contributed by atoms with Gasteiger partial charge >= 0.3 is 6.16 Å². The molecule has 0 fully saturated rings. The van der Waals surface area contributed by atoms with Gasteiger partial charge in [-0.05, 0) is 5.56 Å². The molecule has 88 valence electrons.